The van der Waals surface area contributed by atoms with Gasteiger partial charge in [0.1, 0.15) is 4.90 Å². The molecule has 98 valence electrons. The number of hydrogen-bond acceptors (Lipinski definition) is 5. The van der Waals surface area contributed by atoms with Crippen LogP contribution in [0.4, 0.5) is 5.82 Å². The molecule has 7 nitrogen and oxygen atoms in total. The second-order valence-corrected chi connectivity index (χ2v) is 6.20. The molecule has 0 unspecified atom stereocenters. The Morgan fingerprint density at radius 3 is 2.35 bits per heavy atom. The third-order valence-corrected chi connectivity index (χ3v) is 4.25. The standard InChI is InChI=1S/C9H19N5O2S/c1-12(2)5-6-14(4)17(15,16)8-7-13(3)11-9(8)10/h7H,5-6H2,1-4H3,(H2,10,11). The van der Waals surface area contributed by atoms with Gasteiger partial charge in [-0.1, -0.05) is 0 Å². The van der Waals surface area contributed by atoms with E-state index in [1.165, 1.54) is 22.2 Å². The summed E-state index contributed by atoms with van der Waals surface area (Å²) in [5, 5.41) is 3.83. The van der Waals surface area contributed by atoms with Crippen LogP contribution in [0.3, 0.4) is 0 Å². The number of nitrogens with two attached hydrogens (primary N) is 1. The summed E-state index contributed by atoms with van der Waals surface area (Å²) < 4.78 is 27.0. The summed E-state index contributed by atoms with van der Waals surface area (Å²) >= 11 is 0. The Kier molecular flexibility index (Phi) is 4.12. The number of sulfonamides is 1. The third kappa shape index (κ3) is 3.18. The van der Waals surface area contributed by atoms with Crippen molar-refractivity contribution in [1.29, 1.82) is 0 Å². The number of aryl methyl sites for hydroxylation is 1. The number of nitrogens with zero attached hydrogens (tertiary/aromatic N) is 4. The number of rotatable bonds is 5. The van der Waals surface area contributed by atoms with Crippen LogP contribution < -0.4 is 5.73 Å². The molecule has 0 saturated carbocycles. The van der Waals surface area contributed by atoms with Gasteiger partial charge in [-0.05, 0) is 14.1 Å². The van der Waals surface area contributed by atoms with Crippen molar-refractivity contribution in [2.45, 2.75) is 4.90 Å². The van der Waals surface area contributed by atoms with E-state index in [0.717, 1.165) is 0 Å². The van der Waals surface area contributed by atoms with Gasteiger partial charge in [0.2, 0.25) is 10.0 Å². The molecule has 1 heterocycles. The Labute approximate surface area is 102 Å². The molecule has 0 aromatic carbocycles. The molecule has 0 radical (unpaired) electrons. The average molecular weight is 261 g/mol. The monoisotopic (exact) mass is 261 g/mol. The van der Waals surface area contributed by atoms with Gasteiger partial charge >= 0.3 is 0 Å². The third-order valence-electron chi connectivity index (χ3n) is 2.37. The molecular weight excluding hydrogens is 242 g/mol. The molecule has 1 rings (SSSR count). The first-order valence-corrected chi connectivity index (χ1v) is 6.59. The lowest BCUT2D eigenvalue weighted by Gasteiger charge is -2.18. The van der Waals surface area contributed by atoms with Crippen LogP contribution in [0.25, 0.3) is 0 Å². The van der Waals surface area contributed by atoms with E-state index in [4.69, 9.17) is 5.73 Å². The zero-order valence-electron chi connectivity index (χ0n) is 10.6. The molecule has 2 N–H and O–H groups in total. The predicted molar refractivity (Wildman–Crippen MR) is 66.0 cm³/mol. The van der Waals surface area contributed by atoms with Crippen LogP contribution >= 0.6 is 0 Å². The quantitative estimate of drug-likeness (QED) is 0.749. The van der Waals surface area contributed by atoms with Crippen molar-refractivity contribution in [2.75, 3.05) is 40.0 Å². The van der Waals surface area contributed by atoms with E-state index in [-0.39, 0.29) is 10.7 Å². The van der Waals surface area contributed by atoms with Crippen LogP contribution in [0, 0.1) is 0 Å². The highest BCUT2D eigenvalue weighted by molar-refractivity contribution is 7.89. The smallest absolute Gasteiger partial charge is 0.248 e. The number of nitrogen functional groups attached to an aromatic ring is 1. The molecule has 0 aliphatic rings. The number of hydrogen-bond donors (Lipinski definition) is 1. The van der Waals surface area contributed by atoms with E-state index in [1.807, 2.05) is 19.0 Å². The molecule has 0 amide bonds. The first-order valence-electron chi connectivity index (χ1n) is 5.15. The zero-order valence-corrected chi connectivity index (χ0v) is 11.4. The molecule has 0 fully saturated rings. The van der Waals surface area contributed by atoms with Gasteiger partial charge in [0.25, 0.3) is 0 Å². The summed E-state index contributed by atoms with van der Waals surface area (Å²) in [5.74, 6) is 0.0317. The lowest BCUT2D eigenvalue weighted by molar-refractivity contribution is 0.358. The van der Waals surface area contributed by atoms with Crippen molar-refractivity contribution >= 4 is 15.8 Å². The molecule has 0 spiro atoms. The molecule has 17 heavy (non-hydrogen) atoms. The summed E-state index contributed by atoms with van der Waals surface area (Å²) in [5.41, 5.74) is 5.57. The van der Waals surface area contributed by atoms with Crippen LogP contribution in [0.1, 0.15) is 0 Å². The molecule has 0 saturated heterocycles. The van der Waals surface area contributed by atoms with Crippen molar-refractivity contribution in [3.63, 3.8) is 0 Å². The van der Waals surface area contributed by atoms with E-state index >= 15 is 0 Å². The Bertz CT molecular complexity index is 480. The summed E-state index contributed by atoms with van der Waals surface area (Å²) in [6, 6.07) is 0. The minimum atomic E-state index is -3.55. The summed E-state index contributed by atoms with van der Waals surface area (Å²) in [6.07, 6.45) is 1.41. The molecule has 0 aliphatic heterocycles. The number of likely N-dealkylation sites (N-methyl/N-ethyl adjacent to an activating group) is 2. The van der Waals surface area contributed by atoms with Crippen molar-refractivity contribution in [2.24, 2.45) is 7.05 Å². The minimum absolute atomic E-state index is 0.0317. The predicted octanol–water partition coefficient (Wildman–Crippen LogP) is -0.816. The van der Waals surface area contributed by atoms with E-state index in [2.05, 4.69) is 5.10 Å². The van der Waals surface area contributed by atoms with Crippen LogP contribution in [0.15, 0.2) is 11.1 Å². The van der Waals surface area contributed by atoms with E-state index in [0.29, 0.717) is 13.1 Å². The maximum Gasteiger partial charge on any atom is 0.248 e. The van der Waals surface area contributed by atoms with E-state index in [9.17, 15) is 8.42 Å². The summed E-state index contributed by atoms with van der Waals surface area (Å²) in [7, 11) is 3.40. The van der Waals surface area contributed by atoms with Crippen molar-refractivity contribution in [3.8, 4) is 0 Å². The summed E-state index contributed by atoms with van der Waals surface area (Å²) in [4.78, 5) is 1.97. The van der Waals surface area contributed by atoms with Crippen molar-refractivity contribution < 1.29 is 8.42 Å². The second kappa shape index (κ2) is 5.03. The van der Waals surface area contributed by atoms with Gasteiger partial charge in [-0.2, -0.15) is 9.40 Å². The lowest BCUT2D eigenvalue weighted by Crippen LogP contribution is -2.33. The molecule has 1 aromatic rings. The van der Waals surface area contributed by atoms with Gasteiger partial charge in [0.15, 0.2) is 5.82 Å². The SMILES string of the molecule is CN(C)CCN(C)S(=O)(=O)c1cn(C)nc1N. The van der Waals surface area contributed by atoms with Crippen LogP contribution in [0.2, 0.25) is 0 Å². The number of aromatic nitrogens is 2. The molecule has 8 heteroatoms. The van der Waals surface area contributed by atoms with Crippen LogP contribution in [-0.2, 0) is 17.1 Å². The van der Waals surface area contributed by atoms with E-state index in [1.54, 1.807) is 7.05 Å². The molecule has 1 aromatic heterocycles. The van der Waals surface area contributed by atoms with Crippen LogP contribution in [-0.4, -0.2) is 61.6 Å². The Morgan fingerprint density at radius 2 is 1.94 bits per heavy atom. The zero-order chi connectivity index (χ0) is 13.2. The summed E-state index contributed by atoms with van der Waals surface area (Å²) in [6.45, 7) is 1.06. The number of anilines is 1. The lowest BCUT2D eigenvalue weighted by atomic mass is 10.6. The van der Waals surface area contributed by atoms with Gasteiger partial charge in [-0.25, -0.2) is 8.42 Å². The fourth-order valence-corrected chi connectivity index (χ4v) is 2.56. The first-order chi connectivity index (χ1) is 7.75. The van der Waals surface area contributed by atoms with Gasteiger partial charge in [-0.15, -0.1) is 0 Å². The van der Waals surface area contributed by atoms with Gasteiger partial charge in [-0.3, -0.25) is 4.68 Å². The highest BCUT2D eigenvalue weighted by Gasteiger charge is 2.25. The molecule has 0 bridgehead atoms. The molecule has 0 atom stereocenters. The van der Waals surface area contributed by atoms with Gasteiger partial charge in [0, 0.05) is 33.4 Å². The van der Waals surface area contributed by atoms with E-state index < -0.39 is 10.0 Å². The normalized spacial score (nSPS) is 12.6. The highest BCUT2D eigenvalue weighted by Crippen LogP contribution is 2.19. The minimum Gasteiger partial charge on any atom is -0.381 e. The largest absolute Gasteiger partial charge is 0.381 e. The molecular formula is C9H19N5O2S. The maximum absolute atomic E-state index is 12.2. The van der Waals surface area contributed by atoms with Crippen molar-refractivity contribution in [3.05, 3.63) is 6.20 Å². The molecule has 0 aliphatic carbocycles. The van der Waals surface area contributed by atoms with Gasteiger partial charge in [0.05, 0.1) is 0 Å². The fourth-order valence-electron chi connectivity index (χ4n) is 1.31. The maximum atomic E-state index is 12.2. The average Bonchev–Trinajstić information content (AvgIpc) is 2.54. The van der Waals surface area contributed by atoms with Crippen molar-refractivity contribution in [1.82, 2.24) is 19.0 Å². The van der Waals surface area contributed by atoms with Crippen LogP contribution in [0.5, 0.6) is 0 Å². The fraction of sp³-hybridized carbons (Fsp3) is 0.667. The highest BCUT2D eigenvalue weighted by atomic mass is 32.2. The second-order valence-electron chi connectivity index (χ2n) is 4.18. The Morgan fingerprint density at radius 1 is 1.35 bits per heavy atom. The first kappa shape index (κ1) is 13.9. The Hall–Kier alpha value is -1.12. The Balaban J connectivity index is 2.91. The van der Waals surface area contributed by atoms with Gasteiger partial charge < -0.3 is 10.6 Å². The topological polar surface area (TPSA) is 84.5 Å².